The van der Waals surface area contributed by atoms with E-state index >= 15 is 0 Å². The summed E-state index contributed by atoms with van der Waals surface area (Å²) in [6.07, 6.45) is 0. The minimum atomic E-state index is -0.441. The number of rotatable bonds is 6. The molecule has 7 nitrogen and oxygen atoms in total. The number of ether oxygens (including phenoxy) is 1. The largest absolute Gasteiger partial charge is 0.495 e. The van der Waals surface area contributed by atoms with Crippen molar-refractivity contribution in [3.8, 4) is 17.1 Å². The zero-order chi connectivity index (χ0) is 22.0. The molecule has 0 bridgehead atoms. The Labute approximate surface area is 190 Å². The van der Waals surface area contributed by atoms with Crippen molar-refractivity contribution < 1.29 is 9.53 Å². The molecule has 31 heavy (non-hydrogen) atoms. The zero-order valence-corrected chi connectivity index (χ0v) is 19.1. The van der Waals surface area contributed by atoms with Crippen LogP contribution in [0.5, 0.6) is 5.75 Å². The van der Waals surface area contributed by atoms with Gasteiger partial charge in [0.1, 0.15) is 11.0 Å². The second-order valence-corrected chi connectivity index (χ2v) is 9.20. The van der Waals surface area contributed by atoms with E-state index in [2.05, 4.69) is 34.8 Å². The molecule has 0 unspecified atom stereocenters. The lowest BCUT2D eigenvalue weighted by atomic mass is 10.0. The van der Waals surface area contributed by atoms with Gasteiger partial charge in [0.15, 0.2) is 5.82 Å². The summed E-state index contributed by atoms with van der Waals surface area (Å²) in [5, 5.41) is 12.4. The van der Waals surface area contributed by atoms with Crippen molar-refractivity contribution in [3.63, 3.8) is 0 Å². The second kappa shape index (κ2) is 9.20. The fourth-order valence-corrected chi connectivity index (χ4v) is 4.73. The third kappa shape index (κ3) is 4.50. The molecule has 3 aromatic rings. The highest BCUT2D eigenvalue weighted by Gasteiger charge is 2.38. The number of methoxy groups -OCH3 is 1. The van der Waals surface area contributed by atoms with Gasteiger partial charge in [0.25, 0.3) is 0 Å². The molecule has 0 aliphatic carbocycles. The molecular formula is C22H24ClN5O2S. The molecule has 2 N–H and O–H groups in total. The molecule has 0 saturated heterocycles. The first kappa shape index (κ1) is 21.5. The normalized spacial score (nSPS) is 17.7. The predicted molar refractivity (Wildman–Crippen MR) is 123 cm³/mol. The molecule has 1 aliphatic heterocycles. The standard InChI is InChI=1S/C22H24ClN5O2S/c1-13(2)12-24-21(29)19-18(15-9-10-17(30-3)16(23)11-15)27-28-20(25-26-22(28)31-19)14-7-5-4-6-8-14/h4-11,13,18-19,27H,12H2,1-3H3,(H,24,29)/t18-,19-/m1/s1. The summed E-state index contributed by atoms with van der Waals surface area (Å²) < 4.78 is 7.13. The quantitative estimate of drug-likeness (QED) is 0.579. The van der Waals surface area contributed by atoms with Crippen molar-refractivity contribution in [2.75, 3.05) is 19.1 Å². The van der Waals surface area contributed by atoms with E-state index in [1.807, 2.05) is 53.2 Å². The van der Waals surface area contributed by atoms with Crippen LogP contribution in [-0.4, -0.2) is 39.7 Å². The molecule has 0 radical (unpaired) electrons. The van der Waals surface area contributed by atoms with Gasteiger partial charge in [-0.1, -0.05) is 73.6 Å². The van der Waals surface area contributed by atoms with Crippen LogP contribution >= 0.6 is 23.4 Å². The summed E-state index contributed by atoms with van der Waals surface area (Å²) in [5.41, 5.74) is 5.26. The maximum atomic E-state index is 13.1. The highest BCUT2D eigenvalue weighted by molar-refractivity contribution is 8.00. The number of carbonyl (C=O) groups excluding carboxylic acids is 1. The summed E-state index contributed by atoms with van der Waals surface area (Å²) >= 11 is 7.78. The van der Waals surface area contributed by atoms with E-state index in [0.29, 0.717) is 34.2 Å². The van der Waals surface area contributed by atoms with Gasteiger partial charge in [-0.15, -0.1) is 10.2 Å². The molecule has 1 aliphatic rings. The van der Waals surface area contributed by atoms with Crippen LogP contribution in [0, 0.1) is 5.92 Å². The van der Waals surface area contributed by atoms with E-state index in [-0.39, 0.29) is 11.9 Å². The number of fused-ring (bicyclic) bond motifs is 1. The maximum absolute atomic E-state index is 13.1. The van der Waals surface area contributed by atoms with Crippen LogP contribution in [0.3, 0.4) is 0 Å². The number of aromatic nitrogens is 3. The number of carbonyl (C=O) groups is 1. The molecule has 2 atom stereocenters. The van der Waals surface area contributed by atoms with Crippen molar-refractivity contribution in [1.82, 2.24) is 20.2 Å². The third-order valence-electron chi connectivity index (χ3n) is 4.95. The lowest BCUT2D eigenvalue weighted by molar-refractivity contribution is -0.121. The SMILES string of the molecule is COc1ccc([C@H]2Nn3c(nnc3-c3ccccc3)S[C@H]2C(=O)NCC(C)C)cc1Cl. The Morgan fingerprint density at radius 3 is 2.71 bits per heavy atom. The molecule has 1 aromatic heterocycles. The van der Waals surface area contributed by atoms with Crippen molar-refractivity contribution in [1.29, 1.82) is 0 Å². The molecule has 4 rings (SSSR count). The average molecular weight is 458 g/mol. The summed E-state index contributed by atoms with van der Waals surface area (Å²) in [5.74, 6) is 1.57. The number of thioether (sulfide) groups is 1. The zero-order valence-electron chi connectivity index (χ0n) is 17.5. The molecule has 0 fully saturated rings. The Bertz CT molecular complexity index is 1070. The fourth-order valence-electron chi connectivity index (χ4n) is 3.36. The number of benzene rings is 2. The van der Waals surface area contributed by atoms with Crippen LogP contribution < -0.4 is 15.5 Å². The first-order valence-corrected chi connectivity index (χ1v) is 11.3. The average Bonchev–Trinajstić information content (AvgIpc) is 3.20. The van der Waals surface area contributed by atoms with Gasteiger partial charge in [-0.2, -0.15) is 0 Å². The van der Waals surface area contributed by atoms with Gasteiger partial charge in [-0.05, 0) is 23.6 Å². The summed E-state index contributed by atoms with van der Waals surface area (Å²) in [4.78, 5) is 13.1. The van der Waals surface area contributed by atoms with E-state index in [0.717, 1.165) is 11.1 Å². The Balaban J connectivity index is 1.72. The lowest BCUT2D eigenvalue weighted by Gasteiger charge is -2.33. The van der Waals surface area contributed by atoms with Crippen LogP contribution in [0.15, 0.2) is 53.7 Å². The van der Waals surface area contributed by atoms with Crippen LogP contribution in [0.4, 0.5) is 0 Å². The summed E-state index contributed by atoms with van der Waals surface area (Å²) in [7, 11) is 1.58. The van der Waals surface area contributed by atoms with Gasteiger partial charge in [-0.25, -0.2) is 4.68 Å². The van der Waals surface area contributed by atoms with Crippen molar-refractivity contribution >= 4 is 29.3 Å². The number of hydrogen-bond donors (Lipinski definition) is 2. The van der Waals surface area contributed by atoms with Gasteiger partial charge >= 0.3 is 0 Å². The maximum Gasteiger partial charge on any atom is 0.236 e. The summed E-state index contributed by atoms with van der Waals surface area (Å²) in [6, 6.07) is 15.0. The second-order valence-electron chi connectivity index (χ2n) is 7.69. The van der Waals surface area contributed by atoms with Gasteiger partial charge in [0, 0.05) is 12.1 Å². The van der Waals surface area contributed by atoms with Gasteiger partial charge in [0.05, 0.1) is 18.2 Å². The Kier molecular flexibility index (Phi) is 6.38. The topological polar surface area (TPSA) is 81.1 Å². The van der Waals surface area contributed by atoms with Gasteiger partial charge in [0.2, 0.25) is 11.1 Å². The van der Waals surface area contributed by atoms with Crippen LogP contribution in [0.2, 0.25) is 5.02 Å². The molecule has 162 valence electrons. The molecular weight excluding hydrogens is 434 g/mol. The highest BCUT2D eigenvalue weighted by Crippen LogP contribution is 2.40. The van der Waals surface area contributed by atoms with Crippen LogP contribution in [0.1, 0.15) is 25.5 Å². The summed E-state index contributed by atoms with van der Waals surface area (Å²) in [6.45, 7) is 4.74. The number of halogens is 1. The molecule has 9 heteroatoms. The van der Waals surface area contributed by atoms with Crippen molar-refractivity contribution in [2.45, 2.75) is 30.3 Å². The third-order valence-corrected chi connectivity index (χ3v) is 6.46. The van der Waals surface area contributed by atoms with E-state index in [1.54, 1.807) is 7.11 Å². The molecule has 2 aromatic carbocycles. The van der Waals surface area contributed by atoms with Gasteiger partial charge < -0.3 is 15.5 Å². The minimum absolute atomic E-state index is 0.0568. The van der Waals surface area contributed by atoms with Crippen LogP contribution in [-0.2, 0) is 4.79 Å². The first-order valence-electron chi connectivity index (χ1n) is 10.0. The van der Waals surface area contributed by atoms with E-state index < -0.39 is 5.25 Å². The van der Waals surface area contributed by atoms with Crippen molar-refractivity contribution in [2.24, 2.45) is 5.92 Å². The lowest BCUT2D eigenvalue weighted by Crippen LogP contribution is -2.44. The Hall–Kier alpha value is -2.71. The van der Waals surface area contributed by atoms with E-state index in [4.69, 9.17) is 16.3 Å². The number of nitrogens with zero attached hydrogens (tertiary/aromatic N) is 3. The van der Waals surface area contributed by atoms with Crippen molar-refractivity contribution in [3.05, 3.63) is 59.1 Å². The van der Waals surface area contributed by atoms with Gasteiger partial charge in [-0.3, -0.25) is 4.79 Å². The number of hydrogen-bond acceptors (Lipinski definition) is 6. The fraction of sp³-hybridized carbons (Fsp3) is 0.318. The van der Waals surface area contributed by atoms with Crippen LogP contribution in [0.25, 0.3) is 11.4 Å². The Morgan fingerprint density at radius 1 is 1.26 bits per heavy atom. The first-order chi connectivity index (χ1) is 15.0. The molecule has 0 saturated carbocycles. The minimum Gasteiger partial charge on any atom is -0.495 e. The predicted octanol–water partition coefficient (Wildman–Crippen LogP) is 4.14. The number of nitrogens with one attached hydrogen (secondary N) is 2. The Morgan fingerprint density at radius 2 is 2.03 bits per heavy atom. The highest BCUT2D eigenvalue weighted by atomic mass is 35.5. The monoisotopic (exact) mass is 457 g/mol. The van der Waals surface area contributed by atoms with E-state index in [1.165, 1.54) is 11.8 Å². The smallest absolute Gasteiger partial charge is 0.236 e. The number of amides is 1. The molecule has 2 heterocycles. The molecule has 1 amide bonds. The van der Waals surface area contributed by atoms with E-state index in [9.17, 15) is 4.79 Å². The molecule has 0 spiro atoms.